The number of amides is 1. The second kappa shape index (κ2) is 6.58. The maximum Gasteiger partial charge on any atom is 0.265 e. The van der Waals surface area contributed by atoms with Crippen LogP contribution in [-0.4, -0.2) is 17.4 Å². The van der Waals surface area contributed by atoms with Crippen LogP contribution in [0.25, 0.3) is 0 Å². The smallest absolute Gasteiger partial charge is 0.265 e. The third kappa shape index (κ3) is 3.40. The SMILES string of the molecule is CCNc1nc(N)c(C(=O)NCc2ccccc2Cl)s1. The Labute approximate surface area is 126 Å². The summed E-state index contributed by atoms with van der Waals surface area (Å²) in [5, 5.41) is 7.09. The largest absolute Gasteiger partial charge is 0.382 e. The van der Waals surface area contributed by atoms with Gasteiger partial charge in [-0.15, -0.1) is 0 Å². The lowest BCUT2D eigenvalue weighted by Crippen LogP contribution is -2.22. The molecule has 0 aliphatic carbocycles. The number of nitrogens with two attached hydrogens (primary N) is 1. The molecular formula is C13H15ClN4OS. The van der Waals surface area contributed by atoms with Gasteiger partial charge in [-0.25, -0.2) is 4.98 Å². The van der Waals surface area contributed by atoms with Gasteiger partial charge in [0.05, 0.1) is 0 Å². The average Bonchev–Trinajstić information content (AvgIpc) is 2.79. The number of nitrogens with one attached hydrogen (secondary N) is 2. The van der Waals surface area contributed by atoms with Crippen LogP contribution in [0.15, 0.2) is 24.3 Å². The maximum absolute atomic E-state index is 12.1. The summed E-state index contributed by atoms with van der Waals surface area (Å²) in [6.07, 6.45) is 0. The number of benzene rings is 1. The number of carbonyl (C=O) groups excluding carboxylic acids is 1. The minimum atomic E-state index is -0.246. The number of nitrogens with zero attached hydrogens (tertiary/aromatic N) is 1. The quantitative estimate of drug-likeness (QED) is 0.793. The molecule has 0 unspecified atom stereocenters. The summed E-state index contributed by atoms with van der Waals surface area (Å²) in [4.78, 5) is 16.6. The first-order valence-corrected chi connectivity index (χ1v) is 7.33. The number of thiazole rings is 1. The highest BCUT2D eigenvalue weighted by atomic mass is 35.5. The molecule has 2 aromatic rings. The van der Waals surface area contributed by atoms with E-state index in [4.69, 9.17) is 17.3 Å². The van der Waals surface area contributed by atoms with Crippen molar-refractivity contribution >= 4 is 39.8 Å². The van der Waals surface area contributed by atoms with E-state index in [0.717, 1.165) is 12.1 Å². The first-order chi connectivity index (χ1) is 9.61. The first kappa shape index (κ1) is 14.6. The zero-order valence-corrected chi connectivity index (χ0v) is 12.5. The molecule has 0 saturated carbocycles. The van der Waals surface area contributed by atoms with E-state index in [-0.39, 0.29) is 11.7 Å². The van der Waals surface area contributed by atoms with Gasteiger partial charge in [0.1, 0.15) is 10.7 Å². The molecule has 0 aliphatic rings. The number of nitrogen functional groups attached to an aromatic ring is 1. The van der Waals surface area contributed by atoms with Crippen LogP contribution in [0.4, 0.5) is 10.9 Å². The van der Waals surface area contributed by atoms with E-state index in [0.29, 0.717) is 21.6 Å². The average molecular weight is 311 g/mol. The molecule has 0 radical (unpaired) electrons. The monoisotopic (exact) mass is 310 g/mol. The highest BCUT2D eigenvalue weighted by molar-refractivity contribution is 7.18. The number of rotatable bonds is 5. The van der Waals surface area contributed by atoms with Crippen molar-refractivity contribution in [2.45, 2.75) is 13.5 Å². The van der Waals surface area contributed by atoms with Crippen LogP contribution in [0.1, 0.15) is 22.2 Å². The Morgan fingerprint density at radius 3 is 2.90 bits per heavy atom. The van der Waals surface area contributed by atoms with Gasteiger partial charge in [-0.2, -0.15) is 0 Å². The van der Waals surface area contributed by atoms with Crippen molar-refractivity contribution in [3.05, 3.63) is 39.7 Å². The topological polar surface area (TPSA) is 80.0 Å². The number of anilines is 2. The van der Waals surface area contributed by atoms with Crippen molar-refractivity contribution in [3.8, 4) is 0 Å². The van der Waals surface area contributed by atoms with Crippen molar-refractivity contribution in [2.75, 3.05) is 17.6 Å². The molecule has 4 N–H and O–H groups in total. The summed E-state index contributed by atoms with van der Waals surface area (Å²) < 4.78 is 0. The fraction of sp³-hybridized carbons (Fsp3) is 0.231. The molecule has 0 aliphatic heterocycles. The zero-order chi connectivity index (χ0) is 14.5. The van der Waals surface area contributed by atoms with Crippen LogP contribution in [0.5, 0.6) is 0 Å². The second-order valence-corrected chi connectivity index (χ2v) is 5.44. The highest BCUT2D eigenvalue weighted by Gasteiger charge is 2.15. The molecule has 0 spiro atoms. The number of carbonyl (C=O) groups is 1. The van der Waals surface area contributed by atoms with Crippen molar-refractivity contribution < 1.29 is 4.79 Å². The van der Waals surface area contributed by atoms with E-state index in [1.54, 1.807) is 6.07 Å². The van der Waals surface area contributed by atoms with E-state index in [1.165, 1.54) is 11.3 Å². The van der Waals surface area contributed by atoms with Crippen LogP contribution < -0.4 is 16.4 Å². The summed E-state index contributed by atoms with van der Waals surface area (Å²) in [6.45, 7) is 3.04. The molecule has 1 amide bonds. The summed E-state index contributed by atoms with van der Waals surface area (Å²) in [5.41, 5.74) is 6.60. The predicted octanol–water partition coefficient (Wildman–Crippen LogP) is 2.74. The van der Waals surface area contributed by atoms with Crippen LogP contribution in [-0.2, 0) is 6.54 Å². The molecule has 1 aromatic carbocycles. The zero-order valence-electron chi connectivity index (χ0n) is 10.9. The summed E-state index contributed by atoms with van der Waals surface area (Å²) in [5.74, 6) is -0.00770. The molecule has 2 rings (SSSR count). The molecule has 0 saturated heterocycles. The fourth-order valence-corrected chi connectivity index (χ4v) is 2.69. The number of hydrogen-bond acceptors (Lipinski definition) is 5. The van der Waals surface area contributed by atoms with Gasteiger partial charge in [0.15, 0.2) is 5.13 Å². The second-order valence-electron chi connectivity index (χ2n) is 4.04. The van der Waals surface area contributed by atoms with Crippen LogP contribution in [0, 0.1) is 0 Å². The molecule has 7 heteroatoms. The molecule has 0 bridgehead atoms. The first-order valence-electron chi connectivity index (χ1n) is 6.13. The Morgan fingerprint density at radius 1 is 1.45 bits per heavy atom. The van der Waals surface area contributed by atoms with Crippen molar-refractivity contribution in [3.63, 3.8) is 0 Å². The molecule has 1 aromatic heterocycles. The molecule has 106 valence electrons. The normalized spacial score (nSPS) is 10.3. The summed E-state index contributed by atoms with van der Waals surface area (Å²) >= 11 is 7.27. The maximum atomic E-state index is 12.1. The molecule has 0 atom stereocenters. The van der Waals surface area contributed by atoms with Gasteiger partial charge in [0, 0.05) is 18.1 Å². The molecule has 5 nitrogen and oxygen atoms in total. The predicted molar refractivity (Wildman–Crippen MR) is 83.3 cm³/mol. The van der Waals surface area contributed by atoms with Crippen LogP contribution in [0.3, 0.4) is 0 Å². The fourth-order valence-electron chi connectivity index (χ4n) is 1.62. The van der Waals surface area contributed by atoms with Crippen LogP contribution in [0.2, 0.25) is 5.02 Å². The number of hydrogen-bond donors (Lipinski definition) is 3. The van der Waals surface area contributed by atoms with Crippen molar-refractivity contribution in [1.82, 2.24) is 10.3 Å². The van der Waals surface area contributed by atoms with Crippen LogP contribution >= 0.6 is 22.9 Å². The van der Waals surface area contributed by atoms with Gasteiger partial charge in [-0.3, -0.25) is 4.79 Å². The van der Waals surface area contributed by atoms with Gasteiger partial charge in [0.2, 0.25) is 0 Å². The van der Waals surface area contributed by atoms with Crippen molar-refractivity contribution in [2.24, 2.45) is 0 Å². The molecule has 0 fully saturated rings. The Morgan fingerprint density at radius 2 is 2.20 bits per heavy atom. The Kier molecular flexibility index (Phi) is 4.81. The van der Waals surface area contributed by atoms with Gasteiger partial charge < -0.3 is 16.4 Å². The van der Waals surface area contributed by atoms with Gasteiger partial charge >= 0.3 is 0 Å². The molecule has 20 heavy (non-hydrogen) atoms. The van der Waals surface area contributed by atoms with E-state index in [1.807, 2.05) is 25.1 Å². The lowest BCUT2D eigenvalue weighted by atomic mass is 10.2. The Bertz CT molecular complexity index is 614. The van der Waals surface area contributed by atoms with Gasteiger partial charge in [-0.1, -0.05) is 41.1 Å². The summed E-state index contributed by atoms with van der Waals surface area (Å²) in [6, 6.07) is 7.37. The van der Waals surface area contributed by atoms with E-state index < -0.39 is 0 Å². The van der Waals surface area contributed by atoms with Gasteiger partial charge in [0.25, 0.3) is 5.91 Å². The minimum Gasteiger partial charge on any atom is -0.382 e. The highest BCUT2D eigenvalue weighted by Crippen LogP contribution is 2.24. The summed E-state index contributed by atoms with van der Waals surface area (Å²) in [7, 11) is 0. The molecular weight excluding hydrogens is 296 g/mol. The van der Waals surface area contributed by atoms with E-state index in [9.17, 15) is 4.79 Å². The third-order valence-corrected chi connectivity index (χ3v) is 3.98. The minimum absolute atomic E-state index is 0.239. The molecule has 1 heterocycles. The number of aromatic nitrogens is 1. The van der Waals surface area contributed by atoms with E-state index >= 15 is 0 Å². The number of halogens is 1. The third-order valence-electron chi connectivity index (χ3n) is 2.58. The lowest BCUT2D eigenvalue weighted by molar-refractivity contribution is 0.0955. The van der Waals surface area contributed by atoms with E-state index in [2.05, 4.69) is 15.6 Å². The van der Waals surface area contributed by atoms with Gasteiger partial charge in [-0.05, 0) is 18.6 Å². The Balaban J connectivity index is 2.03. The standard InChI is InChI=1S/C13H15ClN4OS/c1-2-16-13-18-11(15)10(20-13)12(19)17-7-8-5-3-4-6-9(8)14/h3-6H,2,7,15H2,1H3,(H,16,18)(H,17,19). The van der Waals surface area contributed by atoms with Crippen molar-refractivity contribution in [1.29, 1.82) is 0 Å². The Hall–Kier alpha value is -1.79. The lowest BCUT2D eigenvalue weighted by Gasteiger charge is -2.05.